The third kappa shape index (κ3) is 2.62. The van der Waals surface area contributed by atoms with Gasteiger partial charge in [0.05, 0.1) is 12.1 Å². The lowest BCUT2D eigenvalue weighted by atomic mass is 10.2. The summed E-state index contributed by atoms with van der Waals surface area (Å²) < 4.78 is 9.00. The first-order chi connectivity index (χ1) is 9.13. The summed E-state index contributed by atoms with van der Waals surface area (Å²) in [5.74, 6) is -0.320. The Kier molecular flexibility index (Phi) is 3.49. The molecule has 0 aliphatic rings. The number of oxazole rings is 1. The Morgan fingerprint density at radius 2 is 1.89 bits per heavy atom. The maximum Gasteiger partial charge on any atom is 0.420 e. The Labute approximate surface area is 131 Å². The number of hydrogen-bond donors (Lipinski definition) is 0. The minimum Gasteiger partial charge on any atom is -0.408 e. The summed E-state index contributed by atoms with van der Waals surface area (Å²) >= 11 is 5.63. The second kappa shape index (κ2) is 5.13. The second-order valence-electron chi connectivity index (χ2n) is 4.19. The summed E-state index contributed by atoms with van der Waals surface area (Å²) in [7, 11) is 0. The number of benzene rings is 2. The van der Waals surface area contributed by atoms with Gasteiger partial charge in [-0.2, -0.15) is 0 Å². The molecule has 0 radical (unpaired) electrons. The Balaban J connectivity index is 2.09. The van der Waals surface area contributed by atoms with Crippen LogP contribution >= 0.6 is 38.5 Å². The Morgan fingerprint density at radius 1 is 1.16 bits per heavy atom. The molecule has 0 aliphatic carbocycles. The quantitative estimate of drug-likeness (QED) is 0.577. The molecule has 3 nitrogen and oxygen atoms in total. The SMILES string of the molecule is O=c1oc2ccc(I)cc2n1Cc1ccc(Br)cc1. The van der Waals surface area contributed by atoms with Crippen molar-refractivity contribution in [2.24, 2.45) is 0 Å². The maximum absolute atomic E-state index is 11.9. The van der Waals surface area contributed by atoms with E-state index in [1.807, 2.05) is 42.5 Å². The molecule has 5 heteroatoms. The van der Waals surface area contributed by atoms with Crippen LogP contribution in [0.25, 0.3) is 11.1 Å². The van der Waals surface area contributed by atoms with E-state index in [9.17, 15) is 4.79 Å². The van der Waals surface area contributed by atoms with E-state index >= 15 is 0 Å². The zero-order chi connectivity index (χ0) is 13.4. The first-order valence-corrected chi connectivity index (χ1v) is 7.54. The molecule has 0 saturated carbocycles. The number of aromatic nitrogens is 1. The highest BCUT2D eigenvalue weighted by molar-refractivity contribution is 14.1. The lowest BCUT2D eigenvalue weighted by Gasteiger charge is -2.03. The first kappa shape index (κ1) is 12.9. The third-order valence-corrected chi connectivity index (χ3v) is 4.08. The largest absolute Gasteiger partial charge is 0.420 e. The minimum absolute atomic E-state index is 0.320. The van der Waals surface area contributed by atoms with E-state index in [4.69, 9.17) is 4.42 Å². The zero-order valence-electron chi connectivity index (χ0n) is 9.77. The van der Waals surface area contributed by atoms with Crippen molar-refractivity contribution in [3.05, 3.63) is 66.6 Å². The highest BCUT2D eigenvalue weighted by atomic mass is 127. The van der Waals surface area contributed by atoms with Crippen molar-refractivity contribution in [2.45, 2.75) is 6.54 Å². The van der Waals surface area contributed by atoms with Crippen LogP contribution in [0, 0.1) is 3.57 Å². The van der Waals surface area contributed by atoms with Gasteiger partial charge in [0.25, 0.3) is 0 Å². The van der Waals surface area contributed by atoms with Gasteiger partial charge >= 0.3 is 5.76 Å². The van der Waals surface area contributed by atoms with Crippen LogP contribution < -0.4 is 5.76 Å². The van der Waals surface area contributed by atoms with Crippen LogP contribution in [-0.2, 0) is 6.54 Å². The number of fused-ring (bicyclic) bond motifs is 1. The van der Waals surface area contributed by atoms with E-state index in [1.165, 1.54) is 0 Å². The van der Waals surface area contributed by atoms with Gasteiger partial charge in [-0.25, -0.2) is 4.79 Å². The van der Waals surface area contributed by atoms with Crippen LogP contribution in [-0.4, -0.2) is 4.57 Å². The van der Waals surface area contributed by atoms with Crippen molar-refractivity contribution in [3.8, 4) is 0 Å². The molecule has 0 bridgehead atoms. The average Bonchev–Trinajstić information content (AvgIpc) is 2.69. The van der Waals surface area contributed by atoms with Crippen molar-refractivity contribution < 1.29 is 4.42 Å². The van der Waals surface area contributed by atoms with Crippen LogP contribution in [0.2, 0.25) is 0 Å². The summed E-state index contributed by atoms with van der Waals surface area (Å²) in [6.45, 7) is 0.513. The zero-order valence-corrected chi connectivity index (χ0v) is 13.5. The van der Waals surface area contributed by atoms with E-state index in [1.54, 1.807) is 4.57 Å². The van der Waals surface area contributed by atoms with Crippen LogP contribution in [0.15, 0.2) is 56.1 Å². The molecule has 3 aromatic rings. The van der Waals surface area contributed by atoms with Crippen molar-refractivity contribution >= 4 is 49.6 Å². The summed E-state index contributed by atoms with van der Waals surface area (Å²) in [6.07, 6.45) is 0. The highest BCUT2D eigenvalue weighted by Crippen LogP contribution is 2.18. The van der Waals surface area contributed by atoms with Gasteiger partial charge in [-0.15, -0.1) is 0 Å². The number of halogens is 2. The predicted octanol–water partition coefficient (Wildman–Crippen LogP) is 4.01. The fourth-order valence-corrected chi connectivity index (χ4v) is 2.70. The van der Waals surface area contributed by atoms with Crippen LogP contribution in [0.1, 0.15) is 5.56 Å². The summed E-state index contributed by atoms with van der Waals surface area (Å²) in [6, 6.07) is 13.6. The molecular weight excluding hydrogens is 421 g/mol. The molecule has 3 rings (SSSR count). The Hall–Kier alpha value is -1.08. The van der Waals surface area contributed by atoms with Gasteiger partial charge in [0.2, 0.25) is 0 Å². The van der Waals surface area contributed by atoms with Gasteiger partial charge in [0.15, 0.2) is 5.58 Å². The molecule has 0 amide bonds. The molecule has 0 fully saturated rings. The van der Waals surface area contributed by atoms with Crippen molar-refractivity contribution in [1.29, 1.82) is 0 Å². The van der Waals surface area contributed by atoms with E-state index in [0.29, 0.717) is 12.1 Å². The van der Waals surface area contributed by atoms with E-state index in [0.717, 1.165) is 19.1 Å². The fourth-order valence-electron chi connectivity index (χ4n) is 1.96. The van der Waals surface area contributed by atoms with Crippen LogP contribution in [0.4, 0.5) is 0 Å². The molecule has 0 N–H and O–H groups in total. The lowest BCUT2D eigenvalue weighted by Crippen LogP contribution is -2.14. The lowest BCUT2D eigenvalue weighted by molar-refractivity contribution is 0.517. The summed E-state index contributed by atoms with van der Waals surface area (Å²) in [5.41, 5.74) is 2.52. The topological polar surface area (TPSA) is 35.1 Å². The van der Waals surface area contributed by atoms with Crippen LogP contribution in [0.5, 0.6) is 0 Å². The predicted molar refractivity (Wildman–Crippen MR) is 86.4 cm³/mol. The second-order valence-corrected chi connectivity index (χ2v) is 6.35. The van der Waals surface area contributed by atoms with Crippen molar-refractivity contribution in [2.75, 3.05) is 0 Å². The number of rotatable bonds is 2. The fraction of sp³-hybridized carbons (Fsp3) is 0.0714. The molecule has 0 unspecified atom stereocenters. The maximum atomic E-state index is 11.9. The van der Waals surface area contributed by atoms with E-state index in [2.05, 4.69) is 38.5 Å². The van der Waals surface area contributed by atoms with E-state index in [-0.39, 0.29) is 5.76 Å². The first-order valence-electron chi connectivity index (χ1n) is 5.67. The third-order valence-electron chi connectivity index (χ3n) is 2.88. The number of hydrogen-bond acceptors (Lipinski definition) is 2. The van der Waals surface area contributed by atoms with Crippen LogP contribution in [0.3, 0.4) is 0 Å². The molecule has 1 heterocycles. The molecule has 96 valence electrons. The standard InChI is InChI=1S/C14H9BrINO2/c15-10-3-1-9(2-4-10)8-17-12-7-11(16)5-6-13(12)19-14(17)18/h1-7H,8H2. The van der Waals surface area contributed by atoms with Gasteiger partial charge in [-0.05, 0) is 58.5 Å². The van der Waals surface area contributed by atoms with Gasteiger partial charge in [-0.1, -0.05) is 28.1 Å². The monoisotopic (exact) mass is 429 g/mol. The van der Waals surface area contributed by atoms with Gasteiger partial charge in [0, 0.05) is 8.04 Å². The van der Waals surface area contributed by atoms with Gasteiger partial charge < -0.3 is 4.42 Å². The molecule has 1 aromatic heterocycles. The Bertz CT molecular complexity index is 789. The summed E-state index contributed by atoms with van der Waals surface area (Å²) in [5, 5.41) is 0. The number of nitrogens with zero attached hydrogens (tertiary/aromatic N) is 1. The average molecular weight is 430 g/mol. The molecule has 0 saturated heterocycles. The van der Waals surface area contributed by atoms with E-state index < -0.39 is 0 Å². The molecule has 0 aliphatic heterocycles. The highest BCUT2D eigenvalue weighted by Gasteiger charge is 2.09. The molecule has 2 aromatic carbocycles. The van der Waals surface area contributed by atoms with Gasteiger partial charge in [-0.3, -0.25) is 4.57 Å². The normalized spacial score (nSPS) is 11.1. The summed E-state index contributed by atoms with van der Waals surface area (Å²) in [4.78, 5) is 11.9. The van der Waals surface area contributed by atoms with Crippen molar-refractivity contribution in [1.82, 2.24) is 4.57 Å². The molecule has 0 atom stereocenters. The molecule has 0 spiro atoms. The molecule has 19 heavy (non-hydrogen) atoms. The van der Waals surface area contributed by atoms with Gasteiger partial charge in [0.1, 0.15) is 0 Å². The molecular formula is C14H9BrINO2. The van der Waals surface area contributed by atoms with Crippen molar-refractivity contribution in [3.63, 3.8) is 0 Å². The smallest absolute Gasteiger partial charge is 0.408 e. The Morgan fingerprint density at radius 3 is 2.63 bits per heavy atom. The minimum atomic E-state index is -0.320.